The highest BCUT2D eigenvalue weighted by Gasteiger charge is 2.15. The molecule has 7 heteroatoms. The van der Waals surface area contributed by atoms with Gasteiger partial charge in [-0.05, 0) is 5.56 Å². The van der Waals surface area contributed by atoms with E-state index in [1.54, 1.807) is 12.1 Å². The van der Waals surface area contributed by atoms with Crippen LogP contribution in [0.2, 0.25) is 0 Å². The summed E-state index contributed by atoms with van der Waals surface area (Å²) in [6.45, 7) is 0.101. The number of aromatic amines is 1. The van der Waals surface area contributed by atoms with Gasteiger partial charge in [0, 0.05) is 0 Å². The SMILES string of the molecule is N#Cc1[nH]nc(NC(=O)OCc2ccccc2)c1C#N. The van der Waals surface area contributed by atoms with Gasteiger partial charge in [-0.3, -0.25) is 10.4 Å². The third kappa shape index (κ3) is 2.92. The summed E-state index contributed by atoms with van der Waals surface area (Å²) in [7, 11) is 0. The number of H-pyrrole nitrogens is 1. The second-order valence-corrected chi connectivity index (χ2v) is 3.73. The third-order valence-corrected chi connectivity index (χ3v) is 2.42. The minimum Gasteiger partial charge on any atom is -0.444 e. The first-order valence-corrected chi connectivity index (χ1v) is 5.61. The number of nitrogens with zero attached hydrogens (tertiary/aromatic N) is 3. The van der Waals surface area contributed by atoms with Gasteiger partial charge in [-0.25, -0.2) is 4.79 Å². The molecule has 20 heavy (non-hydrogen) atoms. The summed E-state index contributed by atoms with van der Waals surface area (Å²) in [6.07, 6.45) is -0.749. The van der Waals surface area contributed by atoms with Crippen LogP contribution in [-0.4, -0.2) is 16.3 Å². The van der Waals surface area contributed by atoms with Crippen molar-refractivity contribution in [1.82, 2.24) is 10.2 Å². The van der Waals surface area contributed by atoms with Gasteiger partial charge in [0.05, 0.1) is 0 Å². The summed E-state index contributed by atoms with van der Waals surface area (Å²) >= 11 is 0. The Morgan fingerprint density at radius 3 is 2.70 bits per heavy atom. The van der Waals surface area contributed by atoms with Crippen molar-refractivity contribution in [2.45, 2.75) is 6.61 Å². The normalized spacial score (nSPS) is 9.30. The molecule has 2 N–H and O–H groups in total. The molecule has 0 aliphatic heterocycles. The van der Waals surface area contributed by atoms with Crippen LogP contribution in [0, 0.1) is 22.7 Å². The van der Waals surface area contributed by atoms with E-state index in [2.05, 4.69) is 15.5 Å². The molecular weight excluding hydrogens is 258 g/mol. The van der Waals surface area contributed by atoms with Gasteiger partial charge in [0.15, 0.2) is 11.5 Å². The molecule has 0 atom stereocenters. The van der Waals surface area contributed by atoms with Crippen LogP contribution < -0.4 is 5.32 Å². The molecule has 7 nitrogen and oxygen atoms in total. The number of carbonyl (C=O) groups is 1. The van der Waals surface area contributed by atoms with Crippen molar-refractivity contribution in [3.63, 3.8) is 0 Å². The first kappa shape index (κ1) is 13.1. The van der Waals surface area contributed by atoms with Crippen LogP contribution in [0.15, 0.2) is 30.3 Å². The molecular formula is C13H9N5O2. The number of rotatable bonds is 3. The highest BCUT2D eigenvalue weighted by molar-refractivity contribution is 5.85. The first-order valence-electron chi connectivity index (χ1n) is 5.61. The van der Waals surface area contributed by atoms with E-state index in [0.29, 0.717) is 0 Å². The molecule has 0 radical (unpaired) electrons. The molecule has 0 spiro atoms. The monoisotopic (exact) mass is 267 g/mol. The Hall–Kier alpha value is -3.32. The Labute approximate surface area is 114 Å². The summed E-state index contributed by atoms with van der Waals surface area (Å²) < 4.78 is 4.98. The molecule has 0 aliphatic carbocycles. The van der Waals surface area contributed by atoms with Crippen molar-refractivity contribution in [2.24, 2.45) is 0 Å². The maximum Gasteiger partial charge on any atom is 0.413 e. The Balaban J connectivity index is 1.97. The second kappa shape index (κ2) is 6.03. The Morgan fingerprint density at radius 2 is 2.05 bits per heavy atom. The van der Waals surface area contributed by atoms with Crippen LogP contribution in [0.4, 0.5) is 10.6 Å². The zero-order chi connectivity index (χ0) is 14.4. The van der Waals surface area contributed by atoms with E-state index in [1.165, 1.54) is 0 Å². The molecule has 1 aromatic carbocycles. The molecule has 1 amide bonds. The maximum absolute atomic E-state index is 11.6. The average molecular weight is 267 g/mol. The van der Waals surface area contributed by atoms with Crippen LogP contribution in [0.5, 0.6) is 0 Å². The molecule has 0 bridgehead atoms. The number of aromatic nitrogens is 2. The standard InChI is InChI=1S/C13H9N5O2/c14-6-10-11(7-15)17-18-12(10)16-13(19)20-8-9-4-2-1-3-5-9/h1-5H,8H2,(H2,16,17,18,19). The Bertz CT molecular complexity index is 694. The van der Waals surface area contributed by atoms with E-state index < -0.39 is 6.09 Å². The van der Waals surface area contributed by atoms with Gasteiger partial charge >= 0.3 is 6.09 Å². The zero-order valence-corrected chi connectivity index (χ0v) is 10.3. The number of benzene rings is 1. The van der Waals surface area contributed by atoms with Crippen molar-refractivity contribution in [2.75, 3.05) is 5.32 Å². The van der Waals surface area contributed by atoms with Crippen molar-refractivity contribution >= 4 is 11.9 Å². The Kier molecular flexibility index (Phi) is 3.95. The fraction of sp³-hybridized carbons (Fsp3) is 0.0769. The van der Waals surface area contributed by atoms with Crippen LogP contribution in [-0.2, 0) is 11.3 Å². The lowest BCUT2D eigenvalue weighted by molar-refractivity contribution is 0.155. The molecule has 98 valence electrons. The predicted molar refractivity (Wildman–Crippen MR) is 68.3 cm³/mol. The molecule has 0 fully saturated rings. The minimum absolute atomic E-state index is 0.00846. The number of anilines is 1. The summed E-state index contributed by atoms with van der Waals surface area (Å²) in [4.78, 5) is 11.6. The number of nitriles is 2. The number of hydrogen-bond acceptors (Lipinski definition) is 5. The average Bonchev–Trinajstić information content (AvgIpc) is 2.88. The quantitative estimate of drug-likeness (QED) is 0.881. The van der Waals surface area contributed by atoms with Gasteiger partial charge in [-0.15, -0.1) is 0 Å². The minimum atomic E-state index is -0.749. The van der Waals surface area contributed by atoms with E-state index >= 15 is 0 Å². The van der Waals surface area contributed by atoms with Crippen molar-refractivity contribution in [3.05, 3.63) is 47.2 Å². The summed E-state index contributed by atoms with van der Waals surface area (Å²) in [5.41, 5.74) is 0.804. The second-order valence-electron chi connectivity index (χ2n) is 3.73. The number of carbonyl (C=O) groups excluding carboxylic acids is 1. The van der Waals surface area contributed by atoms with E-state index in [1.807, 2.05) is 30.3 Å². The van der Waals surface area contributed by atoms with Gasteiger partial charge in [0.25, 0.3) is 0 Å². The van der Waals surface area contributed by atoms with Gasteiger partial charge in [-0.2, -0.15) is 15.6 Å². The predicted octanol–water partition coefficient (Wildman–Crippen LogP) is 1.90. The highest BCUT2D eigenvalue weighted by atomic mass is 16.5. The number of amides is 1. The van der Waals surface area contributed by atoms with Gasteiger partial charge in [0.1, 0.15) is 24.3 Å². The lowest BCUT2D eigenvalue weighted by atomic mass is 10.2. The first-order chi connectivity index (χ1) is 9.74. The van der Waals surface area contributed by atoms with Crippen molar-refractivity contribution in [3.8, 4) is 12.1 Å². The highest BCUT2D eigenvalue weighted by Crippen LogP contribution is 2.14. The maximum atomic E-state index is 11.6. The molecule has 0 aliphatic rings. The number of nitrogens with one attached hydrogen (secondary N) is 2. The molecule has 1 heterocycles. The third-order valence-electron chi connectivity index (χ3n) is 2.42. The van der Waals surface area contributed by atoms with Crippen LogP contribution >= 0.6 is 0 Å². The fourth-order valence-corrected chi connectivity index (χ4v) is 1.48. The molecule has 2 rings (SSSR count). The smallest absolute Gasteiger partial charge is 0.413 e. The molecule has 2 aromatic rings. The molecule has 0 unspecified atom stereocenters. The van der Waals surface area contributed by atoms with Crippen LogP contribution in [0.3, 0.4) is 0 Å². The zero-order valence-electron chi connectivity index (χ0n) is 10.3. The van der Waals surface area contributed by atoms with E-state index in [4.69, 9.17) is 15.3 Å². The van der Waals surface area contributed by atoms with Crippen molar-refractivity contribution in [1.29, 1.82) is 10.5 Å². The topological polar surface area (TPSA) is 115 Å². The Morgan fingerprint density at radius 1 is 1.30 bits per heavy atom. The largest absolute Gasteiger partial charge is 0.444 e. The van der Waals surface area contributed by atoms with Gasteiger partial charge < -0.3 is 4.74 Å². The fourth-order valence-electron chi connectivity index (χ4n) is 1.48. The van der Waals surface area contributed by atoms with Gasteiger partial charge in [0.2, 0.25) is 0 Å². The lowest BCUT2D eigenvalue weighted by Crippen LogP contribution is -2.14. The van der Waals surface area contributed by atoms with E-state index in [9.17, 15) is 4.79 Å². The number of ether oxygens (including phenoxy) is 1. The molecule has 0 saturated carbocycles. The van der Waals surface area contributed by atoms with Crippen molar-refractivity contribution < 1.29 is 9.53 Å². The summed E-state index contributed by atoms with van der Waals surface area (Å²) in [5.74, 6) is -0.0258. The molecule has 0 saturated heterocycles. The summed E-state index contributed by atoms with van der Waals surface area (Å²) in [6, 6.07) is 12.7. The van der Waals surface area contributed by atoms with E-state index in [-0.39, 0.29) is 23.7 Å². The van der Waals surface area contributed by atoms with E-state index in [0.717, 1.165) is 5.56 Å². The number of hydrogen-bond donors (Lipinski definition) is 2. The molecule has 1 aromatic heterocycles. The summed E-state index contributed by atoms with van der Waals surface area (Å²) in [5, 5.41) is 25.9. The van der Waals surface area contributed by atoms with Crippen LogP contribution in [0.25, 0.3) is 0 Å². The van der Waals surface area contributed by atoms with Crippen LogP contribution in [0.1, 0.15) is 16.8 Å². The van der Waals surface area contributed by atoms with Gasteiger partial charge in [-0.1, -0.05) is 30.3 Å². The lowest BCUT2D eigenvalue weighted by Gasteiger charge is -2.05.